The van der Waals surface area contributed by atoms with Crippen LogP contribution in [0, 0.1) is 5.92 Å². The number of rotatable bonds is 1. The largest absolute Gasteiger partial charge is 0.465 e. The van der Waals surface area contributed by atoms with Gasteiger partial charge in [-0.1, -0.05) is 12.2 Å². The van der Waals surface area contributed by atoms with Crippen LogP contribution in [0.2, 0.25) is 0 Å². The Kier molecular flexibility index (Phi) is 3.68. The van der Waals surface area contributed by atoms with Crippen molar-refractivity contribution in [3.8, 4) is 0 Å². The van der Waals surface area contributed by atoms with Crippen LogP contribution >= 0.6 is 0 Å². The SMILES string of the molecule is CC(=O)C1C/C=C/CCCOC1=O. The second-order valence-electron chi connectivity index (χ2n) is 3.18. The summed E-state index contributed by atoms with van der Waals surface area (Å²) in [5.41, 5.74) is 0. The molecule has 0 aromatic rings. The van der Waals surface area contributed by atoms with Crippen LogP contribution in [0.5, 0.6) is 0 Å². The zero-order valence-corrected chi connectivity index (χ0v) is 7.79. The molecule has 0 aromatic heterocycles. The molecule has 0 fully saturated rings. The maximum Gasteiger partial charge on any atom is 0.316 e. The first kappa shape index (κ1) is 9.96. The third-order valence-corrected chi connectivity index (χ3v) is 2.07. The second-order valence-corrected chi connectivity index (χ2v) is 3.18. The molecule has 0 amide bonds. The molecule has 1 rings (SSSR count). The average Bonchev–Trinajstić information content (AvgIpc) is 2.16. The minimum Gasteiger partial charge on any atom is -0.465 e. The predicted octanol–water partition coefficient (Wildman–Crippen LogP) is 1.47. The Morgan fingerprint density at radius 1 is 1.54 bits per heavy atom. The number of Topliss-reactive ketones (excluding diaryl/α,β-unsaturated/α-hetero) is 1. The van der Waals surface area contributed by atoms with E-state index >= 15 is 0 Å². The van der Waals surface area contributed by atoms with E-state index in [4.69, 9.17) is 4.74 Å². The number of cyclic esters (lactones) is 1. The number of carbonyl (C=O) groups excluding carboxylic acids is 2. The van der Waals surface area contributed by atoms with Crippen molar-refractivity contribution >= 4 is 11.8 Å². The lowest BCUT2D eigenvalue weighted by atomic mass is 10.0. The van der Waals surface area contributed by atoms with Gasteiger partial charge in [-0.25, -0.2) is 0 Å². The second kappa shape index (κ2) is 4.80. The highest BCUT2D eigenvalue weighted by atomic mass is 16.5. The van der Waals surface area contributed by atoms with E-state index in [9.17, 15) is 9.59 Å². The lowest BCUT2D eigenvalue weighted by Gasteiger charge is -2.09. The van der Waals surface area contributed by atoms with Gasteiger partial charge in [0, 0.05) is 0 Å². The number of carbonyl (C=O) groups is 2. The van der Waals surface area contributed by atoms with Crippen molar-refractivity contribution in [1.29, 1.82) is 0 Å². The first-order valence-electron chi connectivity index (χ1n) is 4.54. The first-order chi connectivity index (χ1) is 6.22. The highest BCUT2D eigenvalue weighted by Crippen LogP contribution is 2.11. The molecule has 1 unspecified atom stereocenters. The molecule has 1 aliphatic heterocycles. The summed E-state index contributed by atoms with van der Waals surface area (Å²) in [7, 11) is 0. The molecule has 0 saturated carbocycles. The summed E-state index contributed by atoms with van der Waals surface area (Å²) in [6.07, 6.45) is 6.12. The number of hydrogen-bond acceptors (Lipinski definition) is 3. The number of hydrogen-bond donors (Lipinski definition) is 0. The Morgan fingerprint density at radius 3 is 3.00 bits per heavy atom. The van der Waals surface area contributed by atoms with Crippen LogP contribution in [0.15, 0.2) is 12.2 Å². The first-order valence-corrected chi connectivity index (χ1v) is 4.54. The van der Waals surface area contributed by atoms with Gasteiger partial charge in [0.1, 0.15) is 11.7 Å². The van der Waals surface area contributed by atoms with Gasteiger partial charge in [-0.05, 0) is 26.2 Å². The summed E-state index contributed by atoms with van der Waals surface area (Å²) in [5.74, 6) is -1.08. The zero-order chi connectivity index (χ0) is 9.68. The van der Waals surface area contributed by atoms with Crippen LogP contribution in [-0.2, 0) is 14.3 Å². The summed E-state index contributed by atoms with van der Waals surface area (Å²) < 4.78 is 4.94. The Hall–Kier alpha value is -1.12. The van der Waals surface area contributed by atoms with E-state index < -0.39 is 5.92 Å². The highest BCUT2D eigenvalue weighted by molar-refractivity contribution is 5.97. The molecule has 0 aliphatic carbocycles. The predicted molar refractivity (Wildman–Crippen MR) is 48.1 cm³/mol. The third kappa shape index (κ3) is 3.01. The molecule has 1 heterocycles. The minimum absolute atomic E-state index is 0.114. The zero-order valence-electron chi connectivity index (χ0n) is 7.79. The molecule has 3 heteroatoms. The van der Waals surface area contributed by atoms with E-state index in [1.165, 1.54) is 6.92 Å². The van der Waals surface area contributed by atoms with Crippen LogP contribution in [0.3, 0.4) is 0 Å². The molecule has 0 bridgehead atoms. The van der Waals surface area contributed by atoms with Crippen molar-refractivity contribution in [3.63, 3.8) is 0 Å². The van der Waals surface area contributed by atoms with Gasteiger partial charge in [-0.3, -0.25) is 9.59 Å². The van der Waals surface area contributed by atoms with E-state index in [0.717, 1.165) is 12.8 Å². The molecule has 0 saturated heterocycles. The average molecular weight is 182 g/mol. The maximum absolute atomic E-state index is 11.3. The lowest BCUT2D eigenvalue weighted by Crippen LogP contribution is -2.23. The van der Waals surface area contributed by atoms with Gasteiger partial charge in [-0.2, -0.15) is 0 Å². The summed E-state index contributed by atoms with van der Waals surface area (Å²) in [4.78, 5) is 22.3. The van der Waals surface area contributed by atoms with Gasteiger partial charge in [-0.15, -0.1) is 0 Å². The summed E-state index contributed by atoms with van der Waals surface area (Å²) in [5, 5.41) is 0. The number of ketones is 1. The molecule has 0 aromatic carbocycles. The van der Waals surface area contributed by atoms with Gasteiger partial charge >= 0.3 is 5.97 Å². The Balaban J connectivity index is 2.65. The monoisotopic (exact) mass is 182 g/mol. The summed E-state index contributed by atoms with van der Waals surface area (Å²) in [6.45, 7) is 1.85. The van der Waals surface area contributed by atoms with Crippen molar-refractivity contribution in [2.24, 2.45) is 5.92 Å². The van der Waals surface area contributed by atoms with Crippen LogP contribution in [0.25, 0.3) is 0 Å². The topological polar surface area (TPSA) is 43.4 Å². The van der Waals surface area contributed by atoms with Crippen LogP contribution in [0.1, 0.15) is 26.2 Å². The molecule has 72 valence electrons. The van der Waals surface area contributed by atoms with Crippen molar-refractivity contribution in [2.75, 3.05) is 6.61 Å². The number of ether oxygens (including phenoxy) is 1. The Labute approximate surface area is 77.8 Å². The number of esters is 1. The van der Waals surface area contributed by atoms with E-state index in [-0.39, 0.29) is 11.8 Å². The van der Waals surface area contributed by atoms with Gasteiger partial charge in [0.15, 0.2) is 0 Å². The maximum atomic E-state index is 11.3. The van der Waals surface area contributed by atoms with Crippen LogP contribution in [-0.4, -0.2) is 18.4 Å². The minimum atomic E-state index is -0.589. The van der Waals surface area contributed by atoms with Crippen molar-refractivity contribution in [2.45, 2.75) is 26.2 Å². The molecule has 13 heavy (non-hydrogen) atoms. The fraction of sp³-hybridized carbons (Fsp3) is 0.600. The molecule has 0 spiro atoms. The van der Waals surface area contributed by atoms with Gasteiger partial charge in [0.25, 0.3) is 0 Å². The molecule has 1 aliphatic rings. The number of allylic oxidation sites excluding steroid dienone is 2. The Bertz CT molecular complexity index is 230. The molecule has 0 radical (unpaired) electrons. The third-order valence-electron chi connectivity index (χ3n) is 2.07. The van der Waals surface area contributed by atoms with Crippen LogP contribution in [0.4, 0.5) is 0 Å². The summed E-state index contributed by atoms with van der Waals surface area (Å²) in [6, 6.07) is 0. The van der Waals surface area contributed by atoms with Crippen molar-refractivity contribution in [3.05, 3.63) is 12.2 Å². The van der Waals surface area contributed by atoms with Crippen LogP contribution < -0.4 is 0 Å². The van der Waals surface area contributed by atoms with E-state index in [1.807, 2.05) is 12.2 Å². The molecule has 0 N–H and O–H groups in total. The van der Waals surface area contributed by atoms with E-state index in [0.29, 0.717) is 13.0 Å². The smallest absolute Gasteiger partial charge is 0.316 e. The van der Waals surface area contributed by atoms with E-state index in [1.54, 1.807) is 0 Å². The van der Waals surface area contributed by atoms with Crippen molar-refractivity contribution in [1.82, 2.24) is 0 Å². The standard InChI is InChI=1S/C10H14O3/c1-8(11)9-6-4-2-3-5-7-13-10(9)12/h2,4,9H,3,5-7H2,1H3/b4-2+. The van der Waals surface area contributed by atoms with Gasteiger partial charge < -0.3 is 4.74 Å². The molecule has 3 nitrogen and oxygen atoms in total. The van der Waals surface area contributed by atoms with E-state index in [2.05, 4.69) is 0 Å². The Morgan fingerprint density at radius 2 is 2.31 bits per heavy atom. The normalized spacial score (nSPS) is 26.5. The molecular weight excluding hydrogens is 168 g/mol. The fourth-order valence-corrected chi connectivity index (χ4v) is 1.25. The van der Waals surface area contributed by atoms with Crippen molar-refractivity contribution < 1.29 is 14.3 Å². The highest BCUT2D eigenvalue weighted by Gasteiger charge is 2.23. The molecular formula is C10H14O3. The fourth-order valence-electron chi connectivity index (χ4n) is 1.25. The molecule has 1 atom stereocenters. The quantitative estimate of drug-likeness (QED) is 0.350. The lowest BCUT2D eigenvalue weighted by molar-refractivity contribution is -0.151. The van der Waals surface area contributed by atoms with Gasteiger partial charge in [0.05, 0.1) is 6.61 Å². The van der Waals surface area contributed by atoms with Gasteiger partial charge in [0.2, 0.25) is 0 Å². The summed E-state index contributed by atoms with van der Waals surface area (Å²) >= 11 is 0.